The molecule has 7 heteroatoms. The summed E-state index contributed by atoms with van der Waals surface area (Å²) in [6.45, 7) is 1.71. The lowest BCUT2D eigenvalue weighted by atomic mass is 10.1. The summed E-state index contributed by atoms with van der Waals surface area (Å²) in [5, 5.41) is 0.598. The molecule has 0 spiro atoms. The van der Waals surface area contributed by atoms with E-state index in [1.54, 1.807) is 19.2 Å². The van der Waals surface area contributed by atoms with Gasteiger partial charge in [-0.3, -0.25) is 0 Å². The summed E-state index contributed by atoms with van der Waals surface area (Å²) >= 11 is -0.750. The highest BCUT2D eigenvalue weighted by Gasteiger charge is 2.31. The molecule has 0 saturated heterocycles. The Kier molecular flexibility index (Phi) is 5.00. The molecule has 23 heavy (non-hydrogen) atoms. The molecule has 0 bridgehead atoms. The molecule has 0 N–H and O–H groups in total. The van der Waals surface area contributed by atoms with Crippen LogP contribution in [0.4, 0.5) is 13.2 Å². The van der Waals surface area contributed by atoms with Gasteiger partial charge in [-0.2, -0.15) is 21.6 Å². The Morgan fingerprint density at radius 1 is 1.00 bits per heavy atom. The van der Waals surface area contributed by atoms with Gasteiger partial charge in [0.2, 0.25) is 0 Å². The maximum absolute atomic E-state index is 12.8. The smallest absolute Gasteiger partial charge is 0.316 e. The minimum absolute atomic E-state index is 0.598. The Labute approximate surface area is 134 Å². The van der Waals surface area contributed by atoms with Gasteiger partial charge in [0.05, 0.1) is 11.1 Å². The number of alkyl halides is 3. The van der Waals surface area contributed by atoms with Crippen LogP contribution in [0, 0.1) is 6.92 Å². The van der Waals surface area contributed by atoms with E-state index in [1.807, 2.05) is 34.9 Å². The fraction of sp³-hybridized carbons (Fsp3) is 0.125. The lowest BCUT2D eigenvalue weighted by Gasteiger charge is -2.11. The first-order valence-electron chi connectivity index (χ1n) is 6.54. The Morgan fingerprint density at radius 2 is 1.61 bits per heavy atom. The number of aryl methyl sites for hydroxylation is 1. The fourth-order valence-corrected chi connectivity index (χ4v) is 2.46. The normalized spacial score (nSPS) is 11.0. The summed E-state index contributed by atoms with van der Waals surface area (Å²) in [5.41, 5.74) is 1.76. The number of hydrogen-bond donors (Lipinski definition) is 0. The first-order valence-corrected chi connectivity index (χ1v) is 7.21. The molecule has 0 aliphatic carbocycles. The Hall–Kier alpha value is -2.41. The molecule has 0 fully saturated rings. The molecule has 0 amide bonds. The van der Waals surface area contributed by atoms with Crippen molar-refractivity contribution in [3.8, 4) is 5.69 Å². The highest BCUT2D eigenvalue weighted by Crippen LogP contribution is 2.34. The summed E-state index contributed by atoms with van der Waals surface area (Å²) in [5.74, 6) is 0. The number of benzene rings is 2. The van der Waals surface area contributed by atoms with Crippen molar-refractivity contribution in [2.24, 2.45) is 0 Å². The summed E-state index contributed by atoms with van der Waals surface area (Å²) in [6.07, 6.45) is -2.51. The Morgan fingerprint density at radius 3 is 2.17 bits per heavy atom. The maximum Gasteiger partial charge on any atom is 0.416 e. The van der Waals surface area contributed by atoms with E-state index in [2.05, 4.69) is 0 Å². The van der Waals surface area contributed by atoms with Gasteiger partial charge in [-0.1, -0.05) is 18.2 Å². The van der Waals surface area contributed by atoms with Gasteiger partial charge in [-0.15, -0.1) is 0 Å². The number of para-hydroxylation sites is 1. The van der Waals surface area contributed by atoms with Gasteiger partial charge in [-0.25, -0.2) is 0 Å². The van der Waals surface area contributed by atoms with E-state index in [0.717, 1.165) is 11.2 Å². The highest BCUT2D eigenvalue weighted by molar-refractivity contribution is 7.51. The second-order valence-electron chi connectivity index (χ2n) is 4.82. The van der Waals surface area contributed by atoms with Crippen molar-refractivity contribution in [1.82, 2.24) is 4.57 Å². The molecule has 0 unspecified atom stereocenters. The lowest BCUT2D eigenvalue weighted by molar-refractivity contribution is -0.137. The number of aromatic nitrogens is 1. The van der Waals surface area contributed by atoms with Gasteiger partial charge in [-0.05, 0) is 42.8 Å². The van der Waals surface area contributed by atoms with Crippen LogP contribution in [0.1, 0.15) is 11.1 Å². The molecule has 0 radical (unpaired) electrons. The summed E-state index contributed by atoms with van der Waals surface area (Å²) in [6, 6.07) is 13.7. The zero-order chi connectivity index (χ0) is 17.0. The van der Waals surface area contributed by atoms with Crippen LogP contribution in [-0.4, -0.2) is 13.0 Å². The molecule has 1 heterocycles. The monoisotopic (exact) mass is 339 g/mol. The van der Waals surface area contributed by atoms with Crippen LogP contribution in [0.5, 0.6) is 0 Å². The van der Waals surface area contributed by atoms with E-state index in [4.69, 9.17) is 8.42 Å². The molecule has 120 valence electrons. The molecule has 0 atom stereocenters. The van der Waals surface area contributed by atoms with Crippen LogP contribution in [-0.2, 0) is 17.7 Å². The van der Waals surface area contributed by atoms with Crippen LogP contribution in [0.25, 0.3) is 16.6 Å². The summed E-state index contributed by atoms with van der Waals surface area (Å²) in [4.78, 5) is 0. The lowest BCUT2D eigenvalue weighted by Crippen LogP contribution is -2.05. The minimum Gasteiger partial charge on any atom is -0.316 e. The highest BCUT2D eigenvalue weighted by atomic mass is 32.1. The van der Waals surface area contributed by atoms with E-state index in [-0.39, 0.29) is 0 Å². The number of nitrogens with zero attached hydrogens (tertiary/aromatic N) is 1. The van der Waals surface area contributed by atoms with E-state index in [1.165, 1.54) is 12.1 Å². The first-order chi connectivity index (χ1) is 10.9. The van der Waals surface area contributed by atoms with E-state index in [0.29, 0.717) is 10.9 Å². The van der Waals surface area contributed by atoms with Gasteiger partial charge in [0.1, 0.15) is 0 Å². The number of fused-ring (bicyclic) bond motifs is 1. The van der Waals surface area contributed by atoms with Crippen molar-refractivity contribution in [2.45, 2.75) is 13.1 Å². The van der Waals surface area contributed by atoms with Crippen molar-refractivity contribution in [2.75, 3.05) is 0 Å². The molecule has 3 rings (SSSR count). The number of rotatable bonds is 1. The van der Waals surface area contributed by atoms with Gasteiger partial charge < -0.3 is 4.57 Å². The Balaban J connectivity index is 0.000000595. The molecular weight excluding hydrogens is 327 g/mol. The van der Waals surface area contributed by atoms with Gasteiger partial charge >= 0.3 is 17.7 Å². The standard InChI is InChI=1S/C16H12F3N.O2S/c1-11-9-13(16(17,18)19)10-12-7-8-20(15(11)12)14-5-3-2-4-6-14;1-3-2/h2-10H,1H3;. The molecular formula is C16H12F3NO2S. The van der Waals surface area contributed by atoms with Gasteiger partial charge in [0, 0.05) is 17.3 Å². The van der Waals surface area contributed by atoms with Crippen LogP contribution < -0.4 is 0 Å². The number of halogens is 3. The largest absolute Gasteiger partial charge is 0.416 e. The van der Waals surface area contributed by atoms with Crippen molar-refractivity contribution < 1.29 is 21.6 Å². The van der Waals surface area contributed by atoms with Gasteiger partial charge in [0.25, 0.3) is 0 Å². The fourth-order valence-electron chi connectivity index (χ4n) is 2.46. The quantitative estimate of drug-likeness (QED) is 0.663. The third kappa shape index (κ3) is 3.68. The molecule has 1 aromatic heterocycles. The van der Waals surface area contributed by atoms with Crippen LogP contribution in [0.3, 0.4) is 0 Å². The first kappa shape index (κ1) is 17.0. The van der Waals surface area contributed by atoms with E-state index >= 15 is 0 Å². The van der Waals surface area contributed by atoms with Crippen LogP contribution in [0.15, 0.2) is 54.7 Å². The van der Waals surface area contributed by atoms with E-state index in [9.17, 15) is 13.2 Å². The van der Waals surface area contributed by atoms with E-state index < -0.39 is 23.3 Å². The average molecular weight is 339 g/mol. The van der Waals surface area contributed by atoms with Crippen molar-refractivity contribution in [1.29, 1.82) is 0 Å². The molecule has 0 saturated carbocycles. The van der Waals surface area contributed by atoms with Crippen LogP contribution in [0.2, 0.25) is 0 Å². The Bertz CT molecular complexity index is 851. The maximum atomic E-state index is 12.8. The second-order valence-corrected chi connectivity index (χ2v) is 4.95. The van der Waals surface area contributed by atoms with Crippen molar-refractivity contribution >= 4 is 22.5 Å². The predicted octanol–water partition coefficient (Wildman–Crippen LogP) is 4.29. The topological polar surface area (TPSA) is 39.1 Å². The second kappa shape index (κ2) is 6.78. The van der Waals surface area contributed by atoms with Crippen molar-refractivity contribution in [3.63, 3.8) is 0 Å². The molecule has 3 aromatic rings. The van der Waals surface area contributed by atoms with Crippen LogP contribution >= 0.6 is 0 Å². The number of hydrogen-bond acceptors (Lipinski definition) is 2. The summed E-state index contributed by atoms with van der Waals surface area (Å²) < 4.78 is 56.9. The third-order valence-electron chi connectivity index (χ3n) is 3.34. The predicted molar refractivity (Wildman–Crippen MR) is 81.9 cm³/mol. The molecule has 0 aliphatic heterocycles. The average Bonchev–Trinajstić information content (AvgIpc) is 2.92. The van der Waals surface area contributed by atoms with Crippen molar-refractivity contribution in [3.05, 3.63) is 65.9 Å². The zero-order valence-corrected chi connectivity index (χ0v) is 12.8. The zero-order valence-electron chi connectivity index (χ0n) is 12.0. The molecule has 2 aromatic carbocycles. The molecule has 0 aliphatic rings. The minimum atomic E-state index is -4.31. The molecule has 3 nitrogen and oxygen atoms in total. The van der Waals surface area contributed by atoms with Gasteiger partial charge in [0.15, 0.2) is 0 Å². The SMILES string of the molecule is Cc1cc(C(F)(F)F)cc2ccn(-c3ccccc3)c12.O=S=O. The summed E-state index contributed by atoms with van der Waals surface area (Å²) in [7, 11) is 0. The third-order valence-corrected chi connectivity index (χ3v) is 3.34.